The number of thiazole rings is 1. The molecule has 0 bridgehead atoms. The number of nitrogens with zero attached hydrogens (tertiary/aromatic N) is 4. The minimum absolute atomic E-state index is 0.178. The summed E-state index contributed by atoms with van der Waals surface area (Å²) in [5.41, 5.74) is 6.88. The van der Waals surface area contributed by atoms with Crippen molar-refractivity contribution >= 4 is 27.6 Å². The molecule has 1 amide bonds. The lowest BCUT2D eigenvalue weighted by Gasteiger charge is -2.31. The van der Waals surface area contributed by atoms with Gasteiger partial charge in [0.05, 0.1) is 17.2 Å². The number of H-pyrrole nitrogens is 1. The van der Waals surface area contributed by atoms with Crippen molar-refractivity contribution in [3.05, 3.63) is 34.1 Å². The molecule has 4 heterocycles. The lowest BCUT2D eigenvalue weighted by Crippen LogP contribution is -2.40. The molecule has 7 heteroatoms. The van der Waals surface area contributed by atoms with Crippen molar-refractivity contribution in [1.29, 1.82) is 0 Å². The van der Waals surface area contributed by atoms with Crippen LogP contribution < -0.4 is 0 Å². The van der Waals surface area contributed by atoms with E-state index in [1.165, 1.54) is 26.7 Å². The molecule has 3 aromatic rings. The van der Waals surface area contributed by atoms with Crippen molar-refractivity contribution in [1.82, 2.24) is 24.8 Å². The predicted molar refractivity (Wildman–Crippen MR) is 128 cm³/mol. The van der Waals surface area contributed by atoms with E-state index >= 15 is 0 Å². The van der Waals surface area contributed by atoms with E-state index in [0.29, 0.717) is 18.4 Å². The zero-order chi connectivity index (χ0) is 22.3. The van der Waals surface area contributed by atoms with E-state index in [-0.39, 0.29) is 5.91 Å². The number of aromatic nitrogens is 3. The average Bonchev–Trinajstić information content (AvgIpc) is 3.25. The van der Waals surface area contributed by atoms with Gasteiger partial charge < -0.3 is 9.88 Å². The number of fused-ring (bicyclic) bond motifs is 1. The van der Waals surface area contributed by atoms with Gasteiger partial charge in [0, 0.05) is 42.5 Å². The first-order valence-corrected chi connectivity index (χ1v) is 11.9. The Morgan fingerprint density at radius 1 is 1.19 bits per heavy atom. The number of aromatic amines is 1. The first-order chi connectivity index (χ1) is 14.7. The maximum atomic E-state index is 12.0. The SMILES string of the molecule is Cc1cc(-c2[nH]c3sc(C4CCN(CC(=O)N(C)C)CC4)nc3c2C(C)C)cc(C)n1. The van der Waals surface area contributed by atoms with Crippen LogP contribution in [-0.2, 0) is 4.79 Å². The fraction of sp³-hybridized carbons (Fsp3) is 0.542. The van der Waals surface area contributed by atoms with Crippen molar-refractivity contribution in [2.24, 2.45) is 0 Å². The van der Waals surface area contributed by atoms with E-state index in [4.69, 9.17) is 4.98 Å². The van der Waals surface area contributed by atoms with Crippen molar-refractivity contribution < 1.29 is 4.79 Å². The quantitative estimate of drug-likeness (QED) is 0.626. The van der Waals surface area contributed by atoms with Crippen LogP contribution in [0.3, 0.4) is 0 Å². The second-order valence-corrected chi connectivity index (χ2v) is 10.3. The van der Waals surface area contributed by atoms with Crippen molar-refractivity contribution in [3.63, 3.8) is 0 Å². The fourth-order valence-corrected chi connectivity index (χ4v) is 5.67. The molecule has 3 aromatic heterocycles. The third-order valence-electron chi connectivity index (χ3n) is 6.15. The van der Waals surface area contributed by atoms with Crippen LogP contribution in [0.4, 0.5) is 0 Å². The normalized spacial score (nSPS) is 15.8. The highest BCUT2D eigenvalue weighted by Gasteiger charge is 2.27. The van der Waals surface area contributed by atoms with Crippen LogP contribution in [0.5, 0.6) is 0 Å². The van der Waals surface area contributed by atoms with E-state index in [2.05, 4.69) is 40.8 Å². The molecule has 0 atom stereocenters. The summed E-state index contributed by atoms with van der Waals surface area (Å²) < 4.78 is 0. The Hall–Kier alpha value is -2.25. The number of likely N-dealkylation sites (tertiary alicyclic amines) is 1. The van der Waals surface area contributed by atoms with Crippen LogP contribution in [0.1, 0.15) is 60.5 Å². The summed E-state index contributed by atoms with van der Waals surface area (Å²) in [6.07, 6.45) is 2.12. The van der Waals surface area contributed by atoms with Gasteiger partial charge in [0.25, 0.3) is 0 Å². The minimum atomic E-state index is 0.178. The molecule has 0 spiro atoms. The Morgan fingerprint density at radius 2 is 1.84 bits per heavy atom. The Labute approximate surface area is 188 Å². The van der Waals surface area contributed by atoms with Crippen LogP contribution >= 0.6 is 11.3 Å². The average molecular weight is 440 g/mol. The standard InChI is InChI=1S/C24H33N5OS/c1-14(2)20-21(18-11-15(3)25-16(4)12-18)26-24-22(20)27-23(31-24)17-7-9-29(10-8-17)13-19(30)28(5)6/h11-12,14,17,26H,7-10,13H2,1-6H3. The van der Waals surface area contributed by atoms with Crippen LogP contribution in [0.25, 0.3) is 21.6 Å². The third-order valence-corrected chi connectivity index (χ3v) is 7.28. The number of pyridine rings is 1. The highest BCUT2D eigenvalue weighted by atomic mass is 32.1. The number of piperidine rings is 1. The molecule has 0 radical (unpaired) electrons. The van der Waals surface area contributed by atoms with Gasteiger partial charge >= 0.3 is 0 Å². The van der Waals surface area contributed by atoms with Crippen LogP contribution in [0.15, 0.2) is 12.1 Å². The molecule has 0 saturated carbocycles. The van der Waals surface area contributed by atoms with E-state index in [1.54, 1.807) is 16.2 Å². The van der Waals surface area contributed by atoms with Crippen molar-refractivity contribution in [3.8, 4) is 11.3 Å². The number of amides is 1. The highest BCUT2D eigenvalue weighted by molar-refractivity contribution is 7.18. The van der Waals surface area contributed by atoms with Gasteiger partial charge in [-0.1, -0.05) is 13.8 Å². The number of carbonyl (C=O) groups excluding carboxylic acids is 1. The number of likely N-dealkylation sites (N-methyl/N-ethyl adjacent to an activating group) is 1. The number of carbonyl (C=O) groups is 1. The Morgan fingerprint density at radius 3 is 2.42 bits per heavy atom. The largest absolute Gasteiger partial charge is 0.348 e. The zero-order valence-electron chi connectivity index (χ0n) is 19.5. The summed E-state index contributed by atoms with van der Waals surface area (Å²) in [6, 6.07) is 4.31. The van der Waals surface area contributed by atoms with E-state index in [1.807, 2.05) is 27.9 Å². The van der Waals surface area contributed by atoms with Gasteiger partial charge in [-0.05, 0) is 57.8 Å². The number of hydrogen-bond acceptors (Lipinski definition) is 5. The second kappa shape index (κ2) is 8.71. The summed E-state index contributed by atoms with van der Waals surface area (Å²) in [6.45, 7) is 11.0. The molecule has 1 saturated heterocycles. The van der Waals surface area contributed by atoms with Crippen LogP contribution in [0.2, 0.25) is 0 Å². The van der Waals surface area contributed by atoms with Gasteiger partial charge in [0.1, 0.15) is 10.3 Å². The lowest BCUT2D eigenvalue weighted by molar-refractivity contribution is -0.130. The first-order valence-electron chi connectivity index (χ1n) is 11.1. The smallest absolute Gasteiger partial charge is 0.236 e. The summed E-state index contributed by atoms with van der Waals surface area (Å²) in [4.78, 5) is 30.5. The summed E-state index contributed by atoms with van der Waals surface area (Å²) in [5, 5.41) is 1.23. The van der Waals surface area contributed by atoms with Gasteiger partial charge in [-0.15, -0.1) is 11.3 Å². The summed E-state index contributed by atoms with van der Waals surface area (Å²) in [5.74, 6) is 1.04. The number of hydrogen-bond donors (Lipinski definition) is 1. The molecule has 166 valence electrons. The molecule has 0 unspecified atom stereocenters. The molecular weight excluding hydrogens is 406 g/mol. The Kier molecular flexibility index (Phi) is 6.17. The maximum absolute atomic E-state index is 12.0. The minimum Gasteiger partial charge on any atom is -0.348 e. The lowest BCUT2D eigenvalue weighted by atomic mass is 9.97. The molecule has 1 aliphatic rings. The zero-order valence-corrected chi connectivity index (χ0v) is 20.3. The predicted octanol–water partition coefficient (Wildman–Crippen LogP) is 4.69. The summed E-state index contributed by atoms with van der Waals surface area (Å²) >= 11 is 1.80. The van der Waals surface area contributed by atoms with Crippen molar-refractivity contribution in [2.75, 3.05) is 33.7 Å². The molecule has 0 aliphatic carbocycles. The molecular formula is C24H33N5OS. The molecule has 4 rings (SSSR count). The Balaban J connectivity index is 1.58. The van der Waals surface area contributed by atoms with Crippen LogP contribution in [0, 0.1) is 13.8 Å². The van der Waals surface area contributed by atoms with Crippen LogP contribution in [-0.4, -0.2) is 64.4 Å². The second-order valence-electron chi connectivity index (χ2n) is 9.28. The number of aryl methyl sites for hydroxylation is 2. The monoisotopic (exact) mass is 439 g/mol. The van der Waals surface area contributed by atoms with Gasteiger partial charge in [0.15, 0.2) is 0 Å². The fourth-order valence-electron chi connectivity index (χ4n) is 4.52. The summed E-state index contributed by atoms with van der Waals surface area (Å²) in [7, 11) is 3.64. The molecule has 6 nitrogen and oxygen atoms in total. The van der Waals surface area contributed by atoms with Gasteiger partial charge in [-0.2, -0.15) is 0 Å². The molecule has 1 fully saturated rings. The van der Waals surface area contributed by atoms with Crippen molar-refractivity contribution in [2.45, 2.75) is 52.4 Å². The molecule has 0 aromatic carbocycles. The van der Waals surface area contributed by atoms with E-state index in [0.717, 1.165) is 42.8 Å². The highest BCUT2D eigenvalue weighted by Crippen LogP contribution is 2.40. The number of nitrogens with one attached hydrogen (secondary N) is 1. The molecule has 1 N–H and O–H groups in total. The Bertz CT molecular complexity index is 1070. The topological polar surface area (TPSA) is 65.1 Å². The number of rotatable bonds is 5. The third kappa shape index (κ3) is 4.53. The first kappa shape index (κ1) is 22.0. The van der Waals surface area contributed by atoms with E-state index < -0.39 is 0 Å². The van der Waals surface area contributed by atoms with Gasteiger partial charge in [-0.3, -0.25) is 14.7 Å². The molecule has 31 heavy (non-hydrogen) atoms. The van der Waals surface area contributed by atoms with Gasteiger partial charge in [0.2, 0.25) is 5.91 Å². The van der Waals surface area contributed by atoms with E-state index in [9.17, 15) is 4.79 Å². The van der Waals surface area contributed by atoms with Gasteiger partial charge in [-0.25, -0.2) is 4.98 Å². The maximum Gasteiger partial charge on any atom is 0.236 e. The molecule has 1 aliphatic heterocycles.